The maximum Gasteiger partial charge on any atom is 0.0435 e. The lowest BCUT2D eigenvalue weighted by Crippen LogP contribution is -2.01. The molecule has 0 spiro atoms. The van der Waals surface area contributed by atoms with E-state index in [1.807, 2.05) is 12.3 Å². The van der Waals surface area contributed by atoms with E-state index in [1.54, 1.807) is 0 Å². The van der Waals surface area contributed by atoms with Gasteiger partial charge in [0, 0.05) is 17.8 Å². The minimum atomic E-state index is 0.446. The van der Waals surface area contributed by atoms with Crippen LogP contribution in [0.1, 0.15) is 36.6 Å². The van der Waals surface area contributed by atoms with Crippen LogP contribution in [0, 0.1) is 0 Å². The maximum absolute atomic E-state index is 4.43. The van der Waals surface area contributed by atoms with Crippen LogP contribution in [0.4, 0.5) is 0 Å². The first kappa shape index (κ1) is 13.5. The molecule has 1 heterocycles. The van der Waals surface area contributed by atoms with Gasteiger partial charge in [-0.3, -0.25) is 4.98 Å². The van der Waals surface area contributed by atoms with Crippen LogP contribution in [0.2, 0.25) is 0 Å². The molecule has 2 aromatic rings. The van der Waals surface area contributed by atoms with Gasteiger partial charge in [-0.15, -0.1) is 0 Å². The molecule has 1 heteroatoms. The highest BCUT2D eigenvalue weighted by molar-refractivity contribution is 5.28. The summed E-state index contributed by atoms with van der Waals surface area (Å²) >= 11 is 0. The zero-order valence-electron chi connectivity index (χ0n) is 11.8. The van der Waals surface area contributed by atoms with Crippen molar-refractivity contribution < 1.29 is 0 Å². The van der Waals surface area contributed by atoms with Gasteiger partial charge in [0.25, 0.3) is 0 Å². The molecule has 0 fully saturated rings. The first-order chi connectivity index (χ1) is 9.15. The Hall–Kier alpha value is -1.89. The molecule has 0 aliphatic carbocycles. The van der Waals surface area contributed by atoms with Crippen LogP contribution in [0.3, 0.4) is 0 Å². The summed E-state index contributed by atoms with van der Waals surface area (Å²) in [5.74, 6) is 0.446. The van der Waals surface area contributed by atoms with Gasteiger partial charge in [-0.25, -0.2) is 0 Å². The zero-order chi connectivity index (χ0) is 13.7. The monoisotopic (exact) mass is 251 g/mol. The highest BCUT2D eigenvalue weighted by atomic mass is 14.7. The Morgan fingerprint density at radius 2 is 1.95 bits per heavy atom. The van der Waals surface area contributed by atoms with E-state index in [0.717, 1.165) is 18.5 Å². The summed E-state index contributed by atoms with van der Waals surface area (Å²) in [5.41, 5.74) is 5.08. The molecule has 0 bridgehead atoms. The second-order valence-electron chi connectivity index (χ2n) is 5.31. The van der Waals surface area contributed by atoms with E-state index in [2.05, 4.69) is 61.8 Å². The van der Waals surface area contributed by atoms with Crippen LogP contribution in [-0.4, -0.2) is 4.98 Å². The average Bonchev–Trinajstić information content (AvgIpc) is 2.39. The zero-order valence-corrected chi connectivity index (χ0v) is 11.8. The number of hydrogen-bond donors (Lipinski definition) is 0. The molecule has 19 heavy (non-hydrogen) atoms. The molecular weight excluding hydrogens is 230 g/mol. The molecule has 1 nitrogen and oxygen atoms in total. The summed E-state index contributed by atoms with van der Waals surface area (Å²) < 4.78 is 0. The molecule has 1 unspecified atom stereocenters. The van der Waals surface area contributed by atoms with Gasteiger partial charge in [0.05, 0.1) is 0 Å². The number of hydrogen-bond acceptors (Lipinski definition) is 1. The van der Waals surface area contributed by atoms with Crippen LogP contribution in [0.5, 0.6) is 0 Å². The second-order valence-corrected chi connectivity index (χ2v) is 5.31. The van der Waals surface area contributed by atoms with Crippen molar-refractivity contribution in [3.8, 4) is 0 Å². The molecule has 0 N–H and O–H groups in total. The topological polar surface area (TPSA) is 12.9 Å². The van der Waals surface area contributed by atoms with Crippen molar-refractivity contribution in [1.29, 1.82) is 0 Å². The molecule has 0 amide bonds. The van der Waals surface area contributed by atoms with Crippen LogP contribution in [0.25, 0.3) is 0 Å². The molecule has 1 aromatic heterocycles. The van der Waals surface area contributed by atoms with Gasteiger partial charge in [-0.1, -0.05) is 49.4 Å². The number of nitrogens with zero attached hydrogens (tertiary/aromatic N) is 1. The predicted octanol–water partition coefficient (Wildman–Crippen LogP) is 4.55. The van der Waals surface area contributed by atoms with Crippen molar-refractivity contribution in [1.82, 2.24) is 4.98 Å². The number of pyridine rings is 1. The molecule has 0 saturated heterocycles. The van der Waals surface area contributed by atoms with Crippen molar-refractivity contribution in [2.24, 2.45) is 0 Å². The standard InChI is InChI=1S/C18H21N/c1-14(2)11-16-7-6-8-17(13-16)12-15(3)18-9-4-5-10-19-18/h4-10,13,15H,1,11-12H2,2-3H3. The van der Waals surface area contributed by atoms with Crippen molar-refractivity contribution in [2.45, 2.75) is 32.6 Å². The minimum absolute atomic E-state index is 0.446. The van der Waals surface area contributed by atoms with E-state index >= 15 is 0 Å². The molecule has 98 valence electrons. The van der Waals surface area contributed by atoms with E-state index in [0.29, 0.717) is 5.92 Å². The molecule has 1 aromatic carbocycles. The lowest BCUT2D eigenvalue weighted by Gasteiger charge is -2.12. The Balaban J connectivity index is 2.08. The van der Waals surface area contributed by atoms with Gasteiger partial charge in [0.2, 0.25) is 0 Å². The minimum Gasteiger partial charge on any atom is -0.261 e. The maximum atomic E-state index is 4.43. The van der Waals surface area contributed by atoms with Crippen molar-refractivity contribution >= 4 is 0 Å². The van der Waals surface area contributed by atoms with Gasteiger partial charge in [0.15, 0.2) is 0 Å². The van der Waals surface area contributed by atoms with Crippen molar-refractivity contribution in [3.63, 3.8) is 0 Å². The van der Waals surface area contributed by atoms with Crippen LogP contribution in [-0.2, 0) is 12.8 Å². The Labute approximate surface area is 116 Å². The highest BCUT2D eigenvalue weighted by Gasteiger charge is 2.07. The molecule has 0 radical (unpaired) electrons. The fraction of sp³-hybridized carbons (Fsp3) is 0.278. The van der Waals surface area contributed by atoms with Crippen LogP contribution in [0.15, 0.2) is 60.8 Å². The van der Waals surface area contributed by atoms with Gasteiger partial charge >= 0.3 is 0 Å². The summed E-state index contributed by atoms with van der Waals surface area (Å²) in [4.78, 5) is 4.43. The first-order valence-electron chi connectivity index (χ1n) is 6.78. The molecule has 0 aliphatic rings. The smallest absolute Gasteiger partial charge is 0.0435 e. The summed E-state index contributed by atoms with van der Waals surface area (Å²) in [5, 5.41) is 0. The number of allylic oxidation sites excluding steroid dienone is 1. The average molecular weight is 251 g/mol. The Morgan fingerprint density at radius 3 is 2.63 bits per heavy atom. The van der Waals surface area contributed by atoms with Crippen molar-refractivity contribution in [3.05, 3.63) is 77.6 Å². The van der Waals surface area contributed by atoms with E-state index in [9.17, 15) is 0 Å². The van der Waals surface area contributed by atoms with Gasteiger partial charge in [-0.2, -0.15) is 0 Å². The summed E-state index contributed by atoms with van der Waals surface area (Å²) in [7, 11) is 0. The lowest BCUT2D eigenvalue weighted by molar-refractivity contribution is 0.730. The SMILES string of the molecule is C=C(C)Cc1cccc(CC(C)c2ccccn2)c1. The van der Waals surface area contributed by atoms with Gasteiger partial charge in [0.1, 0.15) is 0 Å². The molecule has 1 atom stereocenters. The first-order valence-corrected chi connectivity index (χ1v) is 6.78. The summed E-state index contributed by atoms with van der Waals surface area (Å²) in [6.07, 6.45) is 3.86. The van der Waals surface area contributed by atoms with Crippen LogP contribution >= 0.6 is 0 Å². The van der Waals surface area contributed by atoms with E-state index in [4.69, 9.17) is 0 Å². The van der Waals surface area contributed by atoms with E-state index in [1.165, 1.54) is 16.7 Å². The largest absolute Gasteiger partial charge is 0.261 e. The molecule has 2 rings (SSSR count). The fourth-order valence-corrected chi connectivity index (χ4v) is 2.34. The van der Waals surface area contributed by atoms with E-state index < -0.39 is 0 Å². The lowest BCUT2D eigenvalue weighted by atomic mass is 9.95. The molecular formula is C18H21N. The summed E-state index contributed by atoms with van der Waals surface area (Å²) in [6, 6.07) is 14.9. The van der Waals surface area contributed by atoms with Crippen molar-refractivity contribution in [2.75, 3.05) is 0 Å². The predicted molar refractivity (Wildman–Crippen MR) is 81.3 cm³/mol. The summed E-state index contributed by atoms with van der Waals surface area (Å²) in [6.45, 7) is 8.28. The van der Waals surface area contributed by atoms with Gasteiger partial charge in [-0.05, 0) is 43.0 Å². The third-order valence-corrected chi connectivity index (χ3v) is 3.23. The highest BCUT2D eigenvalue weighted by Crippen LogP contribution is 2.19. The molecule has 0 saturated carbocycles. The Bertz CT molecular complexity index is 543. The normalized spacial score (nSPS) is 12.1. The quantitative estimate of drug-likeness (QED) is 0.711. The Morgan fingerprint density at radius 1 is 1.16 bits per heavy atom. The fourth-order valence-electron chi connectivity index (χ4n) is 2.34. The van der Waals surface area contributed by atoms with Crippen LogP contribution < -0.4 is 0 Å². The van der Waals surface area contributed by atoms with Gasteiger partial charge < -0.3 is 0 Å². The van der Waals surface area contributed by atoms with E-state index in [-0.39, 0.29) is 0 Å². The second kappa shape index (κ2) is 6.33. The third kappa shape index (κ3) is 4.06. The third-order valence-electron chi connectivity index (χ3n) is 3.23. The number of aromatic nitrogens is 1. The molecule has 0 aliphatic heterocycles. The number of rotatable bonds is 5. The Kier molecular flexibility index (Phi) is 4.51. The number of benzene rings is 1.